The molecule has 0 heterocycles. The van der Waals surface area contributed by atoms with Crippen LogP contribution in [0, 0.1) is 0 Å². The van der Waals surface area contributed by atoms with Crippen LogP contribution in [0.5, 0.6) is 11.5 Å². The predicted octanol–water partition coefficient (Wildman–Crippen LogP) is 3.58. The van der Waals surface area contributed by atoms with Gasteiger partial charge in [0.15, 0.2) is 11.5 Å². The molecular formula is C16H15Cl2N3O3. The van der Waals surface area contributed by atoms with Crippen LogP contribution >= 0.6 is 23.2 Å². The van der Waals surface area contributed by atoms with E-state index in [0.29, 0.717) is 32.7 Å². The lowest BCUT2D eigenvalue weighted by molar-refractivity contribution is 0.249. The Balaban J connectivity index is 2.27. The van der Waals surface area contributed by atoms with E-state index in [1.165, 1.54) is 13.3 Å². The third-order valence-corrected chi connectivity index (χ3v) is 3.74. The van der Waals surface area contributed by atoms with Crippen molar-refractivity contribution in [3.05, 3.63) is 57.6 Å². The highest BCUT2D eigenvalue weighted by atomic mass is 35.5. The molecule has 2 rings (SSSR count). The third-order valence-electron chi connectivity index (χ3n) is 3.03. The van der Waals surface area contributed by atoms with Gasteiger partial charge in [-0.2, -0.15) is 5.10 Å². The molecule has 0 aliphatic rings. The maximum Gasteiger partial charge on any atom is 0.332 e. The van der Waals surface area contributed by atoms with Crippen LogP contribution in [0.15, 0.2) is 41.5 Å². The van der Waals surface area contributed by atoms with Gasteiger partial charge in [0, 0.05) is 21.2 Å². The second-order valence-corrected chi connectivity index (χ2v) is 5.42. The number of hydrogen-bond acceptors (Lipinski definition) is 4. The summed E-state index contributed by atoms with van der Waals surface area (Å²) >= 11 is 12.3. The van der Waals surface area contributed by atoms with Gasteiger partial charge in [0.25, 0.3) is 0 Å². The predicted molar refractivity (Wildman–Crippen MR) is 94.1 cm³/mol. The number of nitrogens with one attached hydrogen (secondary N) is 1. The SMILES string of the molecule is COc1cccc(/C=N/NC(N)=O)c1OCc1c(Cl)cccc1Cl. The van der Waals surface area contributed by atoms with Crippen molar-refractivity contribution < 1.29 is 14.3 Å². The Morgan fingerprint density at radius 3 is 2.54 bits per heavy atom. The number of methoxy groups -OCH3 is 1. The van der Waals surface area contributed by atoms with E-state index < -0.39 is 6.03 Å². The Labute approximate surface area is 149 Å². The van der Waals surface area contributed by atoms with E-state index in [1.54, 1.807) is 36.4 Å². The van der Waals surface area contributed by atoms with Gasteiger partial charge in [-0.1, -0.05) is 35.3 Å². The molecule has 2 amide bonds. The van der Waals surface area contributed by atoms with Gasteiger partial charge in [-0.05, 0) is 24.3 Å². The normalized spacial score (nSPS) is 10.6. The minimum absolute atomic E-state index is 0.142. The molecule has 0 bridgehead atoms. The highest BCUT2D eigenvalue weighted by Crippen LogP contribution is 2.32. The summed E-state index contributed by atoms with van der Waals surface area (Å²) in [5, 5.41) is 4.74. The van der Waals surface area contributed by atoms with Crippen LogP contribution in [-0.2, 0) is 6.61 Å². The molecule has 3 N–H and O–H groups in total. The minimum Gasteiger partial charge on any atom is -0.493 e. The average molecular weight is 368 g/mol. The average Bonchev–Trinajstić information content (AvgIpc) is 2.54. The van der Waals surface area contributed by atoms with E-state index in [1.807, 2.05) is 0 Å². The summed E-state index contributed by atoms with van der Waals surface area (Å²) in [6.45, 7) is 0.142. The maximum absolute atomic E-state index is 10.7. The summed E-state index contributed by atoms with van der Waals surface area (Å²) in [7, 11) is 1.52. The number of halogens is 2. The van der Waals surface area contributed by atoms with Crippen LogP contribution in [0.4, 0.5) is 4.79 Å². The number of ether oxygens (including phenoxy) is 2. The van der Waals surface area contributed by atoms with E-state index in [2.05, 4.69) is 10.5 Å². The highest BCUT2D eigenvalue weighted by Gasteiger charge is 2.12. The van der Waals surface area contributed by atoms with Crippen molar-refractivity contribution in [2.24, 2.45) is 10.8 Å². The Hall–Kier alpha value is -2.44. The lowest BCUT2D eigenvalue weighted by Gasteiger charge is -2.14. The lowest BCUT2D eigenvalue weighted by atomic mass is 10.2. The number of primary amides is 1. The molecule has 6 nitrogen and oxygen atoms in total. The molecule has 0 fully saturated rings. The second-order valence-electron chi connectivity index (χ2n) is 4.60. The Kier molecular flexibility index (Phi) is 6.28. The van der Waals surface area contributed by atoms with Crippen molar-refractivity contribution in [3.8, 4) is 11.5 Å². The zero-order chi connectivity index (χ0) is 17.5. The lowest BCUT2D eigenvalue weighted by Crippen LogP contribution is -2.24. The van der Waals surface area contributed by atoms with Crippen LogP contribution in [0.25, 0.3) is 0 Å². The molecule has 2 aromatic rings. The molecule has 8 heteroatoms. The van der Waals surface area contributed by atoms with Crippen LogP contribution < -0.4 is 20.6 Å². The van der Waals surface area contributed by atoms with Crippen LogP contribution in [0.1, 0.15) is 11.1 Å². The molecular weight excluding hydrogens is 353 g/mol. The van der Waals surface area contributed by atoms with Gasteiger partial charge in [-0.3, -0.25) is 0 Å². The number of rotatable bonds is 6. The van der Waals surface area contributed by atoms with E-state index >= 15 is 0 Å². The number of carbonyl (C=O) groups is 1. The molecule has 0 atom stereocenters. The first-order valence-corrected chi connectivity index (χ1v) is 7.59. The largest absolute Gasteiger partial charge is 0.493 e. The minimum atomic E-state index is -0.764. The molecule has 2 aromatic carbocycles. The van der Waals surface area contributed by atoms with Gasteiger partial charge in [0.2, 0.25) is 0 Å². The van der Waals surface area contributed by atoms with Gasteiger partial charge in [0.1, 0.15) is 6.61 Å². The van der Waals surface area contributed by atoms with Crippen molar-refractivity contribution >= 4 is 35.4 Å². The van der Waals surface area contributed by atoms with Crippen molar-refractivity contribution in [3.63, 3.8) is 0 Å². The molecule has 0 aliphatic carbocycles. The number of para-hydroxylation sites is 1. The van der Waals surface area contributed by atoms with E-state index in [9.17, 15) is 4.79 Å². The van der Waals surface area contributed by atoms with Gasteiger partial charge < -0.3 is 15.2 Å². The summed E-state index contributed by atoms with van der Waals surface area (Å²) in [6.07, 6.45) is 1.40. The molecule has 0 radical (unpaired) electrons. The summed E-state index contributed by atoms with van der Waals surface area (Å²) in [5.74, 6) is 0.937. The molecule has 0 aromatic heterocycles. The van der Waals surface area contributed by atoms with Crippen molar-refractivity contribution in [2.75, 3.05) is 7.11 Å². The number of nitrogens with zero attached hydrogens (tertiary/aromatic N) is 1. The summed E-state index contributed by atoms with van der Waals surface area (Å²) < 4.78 is 11.1. The fourth-order valence-corrected chi connectivity index (χ4v) is 2.44. The molecule has 126 valence electrons. The van der Waals surface area contributed by atoms with E-state index in [-0.39, 0.29) is 6.61 Å². The summed E-state index contributed by atoms with van der Waals surface area (Å²) in [6, 6.07) is 9.70. The first kappa shape index (κ1) is 17.9. The van der Waals surface area contributed by atoms with Crippen LogP contribution in [0.3, 0.4) is 0 Å². The molecule has 0 aliphatic heterocycles. The van der Waals surface area contributed by atoms with Gasteiger partial charge >= 0.3 is 6.03 Å². The van der Waals surface area contributed by atoms with Crippen LogP contribution in [-0.4, -0.2) is 19.4 Å². The second kappa shape index (κ2) is 8.42. The molecule has 0 unspecified atom stereocenters. The van der Waals surface area contributed by atoms with Crippen molar-refractivity contribution in [1.29, 1.82) is 0 Å². The quantitative estimate of drug-likeness (QED) is 0.604. The summed E-state index contributed by atoms with van der Waals surface area (Å²) in [4.78, 5) is 10.7. The Morgan fingerprint density at radius 2 is 1.92 bits per heavy atom. The number of nitrogens with two attached hydrogens (primary N) is 1. The smallest absolute Gasteiger partial charge is 0.332 e. The topological polar surface area (TPSA) is 85.9 Å². The van der Waals surface area contributed by atoms with Crippen molar-refractivity contribution in [2.45, 2.75) is 6.61 Å². The monoisotopic (exact) mass is 367 g/mol. The summed E-state index contributed by atoms with van der Waals surface area (Å²) in [5.41, 5.74) is 8.34. The zero-order valence-corrected chi connectivity index (χ0v) is 14.3. The van der Waals surface area contributed by atoms with E-state index in [0.717, 1.165) is 0 Å². The third kappa shape index (κ3) is 4.53. The standard InChI is InChI=1S/C16H15Cl2N3O3/c1-23-14-7-2-4-10(8-20-21-16(19)22)15(14)24-9-11-12(17)5-3-6-13(11)18/h2-8H,9H2,1H3,(H3,19,21,22)/b20-8+. The Morgan fingerprint density at radius 1 is 1.25 bits per heavy atom. The first-order valence-electron chi connectivity index (χ1n) is 6.84. The Bertz CT molecular complexity index is 746. The molecule has 0 saturated heterocycles. The van der Waals surface area contributed by atoms with Gasteiger partial charge in [0.05, 0.1) is 13.3 Å². The number of amides is 2. The van der Waals surface area contributed by atoms with E-state index in [4.69, 9.17) is 38.4 Å². The van der Waals surface area contributed by atoms with Crippen molar-refractivity contribution in [1.82, 2.24) is 5.43 Å². The number of urea groups is 1. The number of hydrazone groups is 1. The molecule has 24 heavy (non-hydrogen) atoms. The number of benzene rings is 2. The first-order chi connectivity index (χ1) is 11.5. The highest BCUT2D eigenvalue weighted by molar-refractivity contribution is 6.35. The van der Waals surface area contributed by atoms with Gasteiger partial charge in [-0.25, -0.2) is 10.2 Å². The fraction of sp³-hybridized carbons (Fsp3) is 0.125. The zero-order valence-electron chi connectivity index (χ0n) is 12.8. The number of hydrogen-bond donors (Lipinski definition) is 2. The number of carbonyl (C=O) groups excluding carboxylic acids is 1. The fourth-order valence-electron chi connectivity index (χ4n) is 1.93. The maximum atomic E-state index is 10.7. The molecule has 0 saturated carbocycles. The van der Waals surface area contributed by atoms with Crippen LogP contribution in [0.2, 0.25) is 10.0 Å². The van der Waals surface area contributed by atoms with Gasteiger partial charge in [-0.15, -0.1) is 0 Å². The molecule has 0 spiro atoms.